The Hall–Kier alpha value is -0.500. The molecule has 20 heavy (non-hydrogen) atoms. The summed E-state index contributed by atoms with van der Waals surface area (Å²) in [6.07, 6.45) is 15.0. The summed E-state index contributed by atoms with van der Waals surface area (Å²) in [7, 11) is 3.68. The van der Waals surface area contributed by atoms with E-state index in [0.717, 1.165) is 11.8 Å². The lowest BCUT2D eigenvalue weighted by molar-refractivity contribution is -0.0618. The van der Waals surface area contributed by atoms with Gasteiger partial charge in [-0.15, -0.1) is 0 Å². The second-order valence-corrected chi connectivity index (χ2v) is 6.82. The molecule has 2 aliphatic rings. The summed E-state index contributed by atoms with van der Waals surface area (Å²) >= 11 is 0. The van der Waals surface area contributed by atoms with Crippen LogP contribution in [0.25, 0.3) is 0 Å². The molecule has 2 rings (SSSR count). The first kappa shape index (κ1) is 15.9. The highest BCUT2D eigenvalue weighted by atomic mass is 16.5. The molecule has 0 spiro atoms. The van der Waals surface area contributed by atoms with Gasteiger partial charge in [-0.05, 0) is 75.2 Å². The van der Waals surface area contributed by atoms with Crippen molar-refractivity contribution in [3.63, 3.8) is 0 Å². The van der Waals surface area contributed by atoms with E-state index in [1.165, 1.54) is 69.8 Å². The molecule has 2 aliphatic carbocycles. The van der Waals surface area contributed by atoms with E-state index >= 15 is 0 Å². The van der Waals surface area contributed by atoms with Gasteiger partial charge in [-0.2, -0.15) is 0 Å². The van der Waals surface area contributed by atoms with Crippen LogP contribution in [0.5, 0.6) is 0 Å². The molecule has 0 unspecified atom stereocenters. The Morgan fingerprint density at radius 2 is 1.65 bits per heavy atom. The molecule has 0 radical (unpaired) electrons. The standard InChI is InChI=1S/C18H32O2/c1-4-11-18(20-3)12-9-17(10-13-18)16-7-5-15(6-8-16)14-19-2/h14,16-17H,4-13H2,1-3H3. The summed E-state index contributed by atoms with van der Waals surface area (Å²) in [5.41, 5.74) is 1.72. The molecular formula is C18H32O2. The van der Waals surface area contributed by atoms with Crippen molar-refractivity contribution in [1.29, 1.82) is 0 Å². The maximum Gasteiger partial charge on any atom is 0.0816 e. The van der Waals surface area contributed by atoms with Crippen LogP contribution < -0.4 is 0 Å². The lowest BCUT2D eigenvalue weighted by Crippen LogP contribution is -2.38. The smallest absolute Gasteiger partial charge is 0.0816 e. The Labute approximate surface area is 124 Å². The minimum atomic E-state index is 0.209. The lowest BCUT2D eigenvalue weighted by atomic mass is 9.68. The minimum Gasteiger partial charge on any atom is -0.504 e. The van der Waals surface area contributed by atoms with E-state index in [2.05, 4.69) is 6.92 Å². The maximum absolute atomic E-state index is 5.88. The van der Waals surface area contributed by atoms with E-state index in [1.807, 2.05) is 13.4 Å². The minimum absolute atomic E-state index is 0.209. The SMILES string of the molecule is CCCC1(OC)CCC(C2CCC(=COC)CC2)CC1. The molecule has 0 aromatic heterocycles. The van der Waals surface area contributed by atoms with Crippen molar-refractivity contribution >= 4 is 0 Å². The summed E-state index contributed by atoms with van der Waals surface area (Å²) in [4.78, 5) is 0. The van der Waals surface area contributed by atoms with E-state index < -0.39 is 0 Å². The van der Waals surface area contributed by atoms with Gasteiger partial charge in [0, 0.05) is 7.11 Å². The van der Waals surface area contributed by atoms with Crippen molar-refractivity contribution in [1.82, 2.24) is 0 Å². The fourth-order valence-electron chi connectivity index (χ4n) is 4.42. The Bertz CT molecular complexity index is 303. The van der Waals surface area contributed by atoms with Gasteiger partial charge in [0.25, 0.3) is 0 Å². The molecule has 2 nitrogen and oxygen atoms in total. The van der Waals surface area contributed by atoms with Crippen LogP contribution in [0.1, 0.15) is 71.1 Å². The largest absolute Gasteiger partial charge is 0.504 e. The van der Waals surface area contributed by atoms with E-state index in [9.17, 15) is 0 Å². The predicted molar refractivity (Wildman–Crippen MR) is 83.7 cm³/mol. The molecule has 0 aromatic carbocycles. The van der Waals surface area contributed by atoms with Crippen molar-refractivity contribution in [2.24, 2.45) is 11.8 Å². The Morgan fingerprint density at radius 3 is 2.15 bits per heavy atom. The molecule has 0 aliphatic heterocycles. The van der Waals surface area contributed by atoms with Crippen molar-refractivity contribution in [2.45, 2.75) is 76.7 Å². The summed E-state index contributed by atoms with van der Waals surface area (Å²) in [5.74, 6) is 1.89. The topological polar surface area (TPSA) is 18.5 Å². The first-order chi connectivity index (χ1) is 9.73. The Morgan fingerprint density at radius 1 is 1.05 bits per heavy atom. The van der Waals surface area contributed by atoms with Gasteiger partial charge in [-0.25, -0.2) is 0 Å². The van der Waals surface area contributed by atoms with Crippen LogP contribution in [0.4, 0.5) is 0 Å². The third-order valence-corrected chi connectivity index (χ3v) is 5.70. The number of methoxy groups -OCH3 is 2. The van der Waals surface area contributed by atoms with Gasteiger partial charge in [0.2, 0.25) is 0 Å². The van der Waals surface area contributed by atoms with Gasteiger partial charge in [-0.3, -0.25) is 0 Å². The van der Waals surface area contributed by atoms with Crippen molar-refractivity contribution in [3.05, 3.63) is 11.8 Å². The Kier molecular flexibility index (Phi) is 5.95. The van der Waals surface area contributed by atoms with Crippen LogP contribution in [0.2, 0.25) is 0 Å². The molecular weight excluding hydrogens is 248 g/mol. The third-order valence-electron chi connectivity index (χ3n) is 5.70. The molecule has 0 amide bonds. The molecule has 116 valence electrons. The van der Waals surface area contributed by atoms with Crippen molar-refractivity contribution in [2.75, 3.05) is 14.2 Å². The Balaban J connectivity index is 1.81. The molecule has 0 bridgehead atoms. The first-order valence-electron chi connectivity index (χ1n) is 8.49. The zero-order chi connectivity index (χ0) is 14.4. The molecule has 0 saturated heterocycles. The third kappa shape index (κ3) is 3.78. The van der Waals surface area contributed by atoms with Gasteiger partial charge in [-0.1, -0.05) is 13.3 Å². The van der Waals surface area contributed by atoms with Gasteiger partial charge in [0.1, 0.15) is 0 Å². The molecule has 2 heteroatoms. The molecule has 2 fully saturated rings. The average molecular weight is 280 g/mol. The molecule has 2 saturated carbocycles. The predicted octanol–water partition coefficient (Wildman–Crippen LogP) is 5.08. The summed E-state index contributed by atoms with van der Waals surface area (Å²) in [6.45, 7) is 2.28. The monoisotopic (exact) mass is 280 g/mol. The van der Waals surface area contributed by atoms with E-state index in [1.54, 1.807) is 7.11 Å². The van der Waals surface area contributed by atoms with Crippen molar-refractivity contribution in [3.8, 4) is 0 Å². The van der Waals surface area contributed by atoms with Crippen LogP contribution in [-0.4, -0.2) is 19.8 Å². The highest BCUT2D eigenvalue weighted by molar-refractivity contribution is 5.03. The molecule has 0 N–H and O–H groups in total. The van der Waals surface area contributed by atoms with Crippen LogP contribution in [0.3, 0.4) is 0 Å². The van der Waals surface area contributed by atoms with Crippen LogP contribution in [0.15, 0.2) is 11.8 Å². The normalized spacial score (nSPS) is 34.9. The highest BCUT2D eigenvalue weighted by Crippen LogP contribution is 2.44. The summed E-state index contributed by atoms with van der Waals surface area (Å²) < 4.78 is 11.0. The maximum atomic E-state index is 5.88. The van der Waals surface area contributed by atoms with Gasteiger partial charge >= 0.3 is 0 Å². The summed E-state index contributed by atoms with van der Waals surface area (Å²) in [6, 6.07) is 0. The van der Waals surface area contributed by atoms with E-state index in [-0.39, 0.29) is 5.60 Å². The fourth-order valence-corrected chi connectivity index (χ4v) is 4.42. The average Bonchev–Trinajstić information content (AvgIpc) is 2.50. The number of rotatable bonds is 5. The quantitative estimate of drug-likeness (QED) is 0.654. The second kappa shape index (κ2) is 7.49. The van der Waals surface area contributed by atoms with Gasteiger partial charge in [0.05, 0.1) is 19.0 Å². The molecule has 0 atom stereocenters. The number of hydrogen-bond donors (Lipinski definition) is 0. The number of hydrogen-bond acceptors (Lipinski definition) is 2. The molecule has 0 aromatic rings. The fraction of sp³-hybridized carbons (Fsp3) is 0.889. The lowest BCUT2D eigenvalue weighted by Gasteiger charge is -2.42. The first-order valence-corrected chi connectivity index (χ1v) is 8.49. The number of allylic oxidation sites excluding steroid dienone is 1. The second-order valence-electron chi connectivity index (χ2n) is 6.82. The van der Waals surface area contributed by atoms with Gasteiger partial charge in [0.15, 0.2) is 0 Å². The summed E-state index contributed by atoms with van der Waals surface area (Å²) in [5, 5.41) is 0. The van der Waals surface area contributed by atoms with Gasteiger partial charge < -0.3 is 9.47 Å². The number of ether oxygens (including phenoxy) is 2. The van der Waals surface area contributed by atoms with Crippen molar-refractivity contribution < 1.29 is 9.47 Å². The zero-order valence-electron chi connectivity index (χ0n) is 13.6. The highest BCUT2D eigenvalue weighted by Gasteiger charge is 2.37. The van der Waals surface area contributed by atoms with Crippen LogP contribution in [-0.2, 0) is 9.47 Å². The van der Waals surface area contributed by atoms with E-state index in [4.69, 9.17) is 9.47 Å². The zero-order valence-corrected chi connectivity index (χ0v) is 13.6. The van der Waals surface area contributed by atoms with Crippen LogP contribution >= 0.6 is 0 Å². The molecule has 0 heterocycles. The van der Waals surface area contributed by atoms with E-state index in [0.29, 0.717) is 0 Å². The van der Waals surface area contributed by atoms with Crippen LogP contribution in [0, 0.1) is 11.8 Å².